The Kier molecular flexibility index (Phi) is 3.96. The molecule has 1 fully saturated rings. The molecule has 1 saturated heterocycles. The van der Waals surface area contributed by atoms with E-state index in [0.717, 1.165) is 5.52 Å². The summed E-state index contributed by atoms with van der Waals surface area (Å²) in [6.45, 7) is 0.0607. The summed E-state index contributed by atoms with van der Waals surface area (Å²) in [5.74, 6) is 0. The molecule has 0 unspecified atom stereocenters. The number of aromatic nitrogens is 2. The van der Waals surface area contributed by atoms with Gasteiger partial charge in [-0.2, -0.15) is 0 Å². The van der Waals surface area contributed by atoms with E-state index in [2.05, 4.69) is 20.9 Å². The van der Waals surface area contributed by atoms with Crippen molar-refractivity contribution < 1.29 is 14.9 Å². The molecule has 1 aromatic heterocycles. The first-order valence-electron chi connectivity index (χ1n) is 5.96. The first kappa shape index (κ1) is 14.6. The molecule has 8 heteroatoms. The minimum atomic E-state index is -0.817. The number of nitrogens with zero attached hydrogens (tertiary/aromatic N) is 2. The lowest BCUT2D eigenvalue weighted by atomic mass is 10.1. The maximum atomic E-state index is 10.2. The Hall–Kier alpha value is -0.370. The molecule has 1 aliphatic heterocycles. The SMILES string of the molecule is OC[C@H]1OC[C@@H](n2c(Br)nc3cc(Cl)c(Cl)cc32)[C@@H]1O. The molecule has 3 atom stereocenters. The van der Waals surface area contributed by atoms with E-state index >= 15 is 0 Å². The van der Waals surface area contributed by atoms with E-state index in [9.17, 15) is 5.11 Å². The second kappa shape index (κ2) is 5.44. The Balaban J connectivity index is 2.12. The number of hydrogen-bond donors (Lipinski definition) is 2. The fourth-order valence-corrected chi connectivity index (χ4v) is 3.39. The van der Waals surface area contributed by atoms with Gasteiger partial charge in [0.2, 0.25) is 0 Å². The van der Waals surface area contributed by atoms with Crippen LogP contribution in [0.1, 0.15) is 6.04 Å². The van der Waals surface area contributed by atoms with E-state index < -0.39 is 12.2 Å². The van der Waals surface area contributed by atoms with Crippen LogP contribution in [0, 0.1) is 0 Å². The zero-order valence-electron chi connectivity index (χ0n) is 10.1. The Morgan fingerprint density at radius 2 is 2.10 bits per heavy atom. The van der Waals surface area contributed by atoms with E-state index in [4.69, 9.17) is 33.0 Å². The van der Waals surface area contributed by atoms with Crippen molar-refractivity contribution >= 4 is 50.2 Å². The third kappa shape index (κ3) is 2.24. The first-order chi connectivity index (χ1) is 9.52. The van der Waals surface area contributed by atoms with Gasteiger partial charge in [-0.15, -0.1) is 0 Å². The zero-order chi connectivity index (χ0) is 14.4. The van der Waals surface area contributed by atoms with Crippen molar-refractivity contribution in [2.45, 2.75) is 18.2 Å². The van der Waals surface area contributed by atoms with Gasteiger partial charge in [0.25, 0.3) is 0 Å². The molecule has 108 valence electrons. The Labute approximate surface area is 133 Å². The molecule has 20 heavy (non-hydrogen) atoms. The van der Waals surface area contributed by atoms with Gasteiger partial charge < -0.3 is 19.5 Å². The molecule has 5 nitrogen and oxygen atoms in total. The van der Waals surface area contributed by atoms with Crippen LogP contribution in [0.5, 0.6) is 0 Å². The number of imidazole rings is 1. The minimum Gasteiger partial charge on any atom is -0.394 e. The fraction of sp³-hybridized carbons (Fsp3) is 0.417. The van der Waals surface area contributed by atoms with Crippen molar-refractivity contribution in [3.05, 3.63) is 26.9 Å². The monoisotopic (exact) mass is 380 g/mol. The molecule has 2 heterocycles. The van der Waals surface area contributed by atoms with Gasteiger partial charge in [0.15, 0.2) is 4.73 Å². The smallest absolute Gasteiger partial charge is 0.178 e. The summed E-state index contributed by atoms with van der Waals surface area (Å²) >= 11 is 15.4. The first-order valence-corrected chi connectivity index (χ1v) is 7.51. The Morgan fingerprint density at radius 3 is 2.75 bits per heavy atom. The molecule has 0 amide bonds. The molecule has 0 aliphatic carbocycles. The average molecular weight is 382 g/mol. The van der Waals surface area contributed by atoms with Crippen molar-refractivity contribution in [2.24, 2.45) is 0 Å². The summed E-state index contributed by atoms with van der Waals surface area (Å²) in [6.07, 6.45) is -1.41. The van der Waals surface area contributed by atoms with E-state index in [-0.39, 0.29) is 19.3 Å². The lowest BCUT2D eigenvalue weighted by Crippen LogP contribution is -2.30. The van der Waals surface area contributed by atoms with Gasteiger partial charge in [-0.25, -0.2) is 4.98 Å². The lowest BCUT2D eigenvalue weighted by Gasteiger charge is -2.18. The van der Waals surface area contributed by atoms with Crippen molar-refractivity contribution in [3.63, 3.8) is 0 Å². The minimum absolute atomic E-state index is 0.228. The highest BCUT2D eigenvalue weighted by Gasteiger charge is 2.38. The van der Waals surface area contributed by atoms with Crippen LogP contribution in [0.4, 0.5) is 0 Å². The summed E-state index contributed by atoms with van der Waals surface area (Å²) in [4.78, 5) is 4.35. The van der Waals surface area contributed by atoms with Gasteiger partial charge in [0.05, 0.1) is 40.3 Å². The maximum Gasteiger partial charge on any atom is 0.178 e. The van der Waals surface area contributed by atoms with Gasteiger partial charge in [-0.3, -0.25) is 0 Å². The number of halogens is 3. The van der Waals surface area contributed by atoms with Gasteiger partial charge in [-0.1, -0.05) is 23.2 Å². The lowest BCUT2D eigenvalue weighted by molar-refractivity contribution is 0.00203. The molecule has 0 saturated carbocycles. The third-order valence-corrected chi connectivity index (χ3v) is 4.74. The van der Waals surface area contributed by atoms with Crippen LogP contribution >= 0.6 is 39.1 Å². The maximum absolute atomic E-state index is 10.2. The molecule has 2 aromatic rings. The van der Waals surface area contributed by atoms with Gasteiger partial charge in [0.1, 0.15) is 12.2 Å². The normalized spacial score (nSPS) is 26.6. The molecular formula is C12H11BrCl2N2O3. The van der Waals surface area contributed by atoms with E-state index in [1.807, 2.05) is 0 Å². The topological polar surface area (TPSA) is 67.5 Å². The number of fused-ring (bicyclic) bond motifs is 1. The summed E-state index contributed by atoms with van der Waals surface area (Å²) in [7, 11) is 0. The highest BCUT2D eigenvalue weighted by Crippen LogP contribution is 2.35. The largest absolute Gasteiger partial charge is 0.394 e. The number of aliphatic hydroxyl groups excluding tert-OH is 2. The van der Waals surface area contributed by atoms with Crippen molar-refractivity contribution in [2.75, 3.05) is 13.2 Å². The Bertz CT molecular complexity index is 664. The van der Waals surface area contributed by atoms with Gasteiger partial charge in [-0.05, 0) is 28.1 Å². The predicted octanol–water partition coefficient (Wildman–Crippen LogP) is 2.40. The number of rotatable bonds is 2. The summed E-state index contributed by atoms with van der Waals surface area (Å²) in [6, 6.07) is 3.03. The summed E-state index contributed by atoms with van der Waals surface area (Å²) in [5, 5.41) is 20.2. The van der Waals surface area contributed by atoms with Crippen molar-refractivity contribution in [1.29, 1.82) is 0 Å². The highest BCUT2D eigenvalue weighted by atomic mass is 79.9. The van der Waals surface area contributed by atoms with Crippen LogP contribution < -0.4 is 0 Å². The standard InChI is InChI=1S/C12H11BrCl2N2O3/c13-12-16-7-1-5(14)6(15)2-8(7)17(12)9-4-20-10(3-18)11(9)19/h1-2,9-11,18-19H,3-4H2/t9-,10-,11+/m1/s1. The van der Waals surface area contributed by atoms with Crippen LogP contribution in [0.2, 0.25) is 10.0 Å². The number of aliphatic hydroxyl groups is 2. The van der Waals surface area contributed by atoms with Crippen LogP contribution in [-0.4, -0.2) is 45.2 Å². The molecule has 0 bridgehead atoms. The van der Waals surface area contributed by atoms with E-state index in [1.165, 1.54) is 0 Å². The highest BCUT2D eigenvalue weighted by molar-refractivity contribution is 9.10. The average Bonchev–Trinajstić information content (AvgIpc) is 2.90. The summed E-state index contributed by atoms with van der Waals surface area (Å²) in [5.41, 5.74) is 1.42. The quantitative estimate of drug-likeness (QED) is 0.838. The van der Waals surface area contributed by atoms with Crippen molar-refractivity contribution in [1.82, 2.24) is 9.55 Å². The van der Waals surface area contributed by atoms with Crippen LogP contribution in [-0.2, 0) is 4.74 Å². The number of benzene rings is 1. The predicted molar refractivity (Wildman–Crippen MR) is 79.3 cm³/mol. The molecule has 0 radical (unpaired) electrons. The zero-order valence-corrected chi connectivity index (χ0v) is 13.2. The van der Waals surface area contributed by atoms with Crippen molar-refractivity contribution in [3.8, 4) is 0 Å². The Morgan fingerprint density at radius 1 is 1.40 bits per heavy atom. The van der Waals surface area contributed by atoms with Gasteiger partial charge >= 0.3 is 0 Å². The van der Waals surface area contributed by atoms with Crippen LogP contribution in [0.15, 0.2) is 16.9 Å². The molecule has 3 rings (SSSR count). The molecule has 0 spiro atoms. The van der Waals surface area contributed by atoms with Crippen LogP contribution in [0.25, 0.3) is 11.0 Å². The second-order valence-corrected chi connectivity index (χ2v) is 6.14. The molecule has 1 aromatic carbocycles. The molecular weight excluding hydrogens is 371 g/mol. The molecule has 1 aliphatic rings. The number of hydrogen-bond acceptors (Lipinski definition) is 4. The number of ether oxygens (including phenoxy) is 1. The fourth-order valence-electron chi connectivity index (χ4n) is 2.43. The van der Waals surface area contributed by atoms with Crippen LogP contribution in [0.3, 0.4) is 0 Å². The third-order valence-electron chi connectivity index (χ3n) is 3.46. The molecule has 2 N–H and O–H groups in total. The second-order valence-electron chi connectivity index (χ2n) is 4.62. The van der Waals surface area contributed by atoms with Gasteiger partial charge in [0, 0.05) is 0 Å². The van der Waals surface area contributed by atoms with E-state index in [1.54, 1.807) is 16.7 Å². The van der Waals surface area contributed by atoms with E-state index in [0.29, 0.717) is 20.3 Å². The summed E-state index contributed by atoms with van der Waals surface area (Å²) < 4.78 is 7.74.